The Morgan fingerprint density at radius 3 is 2.48 bits per heavy atom. The van der Waals surface area contributed by atoms with E-state index in [1.165, 1.54) is 44.6 Å². The molecule has 0 N–H and O–H groups in total. The van der Waals surface area contributed by atoms with E-state index >= 15 is 0 Å². The molecule has 1 saturated carbocycles. The van der Waals surface area contributed by atoms with Crippen molar-refractivity contribution in [2.75, 3.05) is 11.9 Å². The van der Waals surface area contributed by atoms with Gasteiger partial charge in [-0.3, -0.25) is 10.1 Å². The van der Waals surface area contributed by atoms with Crippen LogP contribution in [0.3, 0.4) is 0 Å². The second-order valence-corrected chi connectivity index (χ2v) is 6.60. The number of hydrogen-bond acceptors (Lipinski definition) is 3. The second kappa shape index (κ2) is 7.25. The number of alkyl halides is 1. The monoisotopic (exact) mass is 355 g/mol. The number of nitrogens with zero attached hydrogens (tertiary/aromatic N) is 1. The molecule has 5 heteroatoms. The molecule has 0 spiro atoms. The fourth-order valence-corrected chi connectivity index (χ4v) is 3.68. The predicted octanol–water partition coefficient (Wildman–Crippen LogP) is 5.02. The van der Waals surface area contributed by atoms with Gasteiger partial charge in [-0.15, -0.1) is 0 Å². The Labute approximate surface area is 134 Å². The molecule has 0 heterocycles. The molecule has 2 rings (SSSR count). The van der Waals surface area contributed by atoms with Crippen molar-refractivity contribution in [1.29, 1.82) is 0 Å². The lowest BCUT2D eigenvalue weighted by molar-refractivity contribution is -0.385. The zero-order chi connectivity index (χ0) is 15.3. The van der Waals surface area contributed by atoms with Crippen LogP contribution in [0, 0.1) is 22.5 Å². The molecule has 4 nitrogen and oxygen atoms in total. The summed E-state index contributed by atoms with van der Waals surface area (Å²) in [6, 6.07) is 4.99. The van der Waals surface area contributed by atoms with Crippen molar-refractivity contribution in [3.8, 4) is 5.75 Å². The lowest BCUT2D eigenvalue weighted by Crippen LogP contribution is -2.30. The van der Waals surface area contributed by atoms with Gasteiger partial charge in [0.15, 0.2) is 0 Å². The minimum Gasteiger partial charge on any atom is -0.493 e. The van der Waals surface area contributed by atoms with E-state index in [2.05, 4.69) is 15.9 Å². The number of aryl methyl sites for hydroxylation is 1. The van der Waals surface area contributed by atoms with Crippen LogP contribution < -0.4 is 4.74 Å². The van der Waals surface area contributed by atoms with Crippen molar-refractivity contribution in [1.82, 2.24) is 0 Å². The Balaban J connectivity index is 2.04. The molecule has 0 saturated heterocycles. The van der Waals surface area contributed by atoms with E-state index in [-0.39, 0.29) is 16.0 Å². The van der Waals surface area contributed by atoms with E-state index in [9.17, 15) is 10.1 Å². The molecule has 0 aliphatic heterocycles. The average Bonchev–Trinajstić information content (AvgIpc) is 2.71. The van der Waals surface area contributed by atoms with Crippen LogP contribution in [0.25, 0.3) is 0 Å². The van der Waals surface area contributed by atoms with Crippen molar-refractivity contribution in [2.24, 2.45) is 5.41 Å². The van der Waals surface area contributed by atoms with E-state index in [4.69, 9.17) is 4.74 Å². The summed E-state index contributed by atoms with van der Waals surface area (Å²) in [5, 5.41) is 11.8. The normalized spacial score (nSPS) is 18.0. The van der Waals surface area contributed by atoms with Gasteiger partial charge in [0.05, 0.1) is 11.5 Å². The first-order valence-electron chi connectivity index (χ1n) is 7.50. The van der Waals surface area contributed by atoms with Crippen LogP contribution in [-0.2, 0) is 0 Å². The second-order valence-electron chi connectivity index (χ2n) is 6.04. The molecule has 116 valence electrons. The minimum absolute atomic E-state index is 0.145. The molecule has 0 unspecified atom stereocenters. The van der Waals surface area contributed by atoms with Gasteiger partial charge in [0, 0.05) is 22.4 Å². The highest BCUT2D eigenvalue weighted by Crippen LogP contribution is 2.37. The maximum atomic E-state index is 10.8. The van der Waals surface area contributed by atoms with Gasteiger partial charge in [-0.25, -0.2) is 0 Å². The van der Waals surface area contributed by atoms with Crippen molar-refractivity contribution < 1.29 is 9.66 Å². The molecule has 1 fully saturated rings. The van der Waals surface area contributed by atoms with Crippen molar-refractivity contribution in [2.45, 2.75) is 45.4 Å². The van der Waals surface area contributed by atoms with Gasteiger partial charge in [-0.1, -0.05) is 41.6 Å². The number of benzene rings is 1. The van der Waals surface area contributed by atoms with Gasteiger partial charge in [0.25, 0.3) is 5.69 Å². The molecule has 1 aromatic rings. The zero-order valence-electron chi connectivity index (χ0n) is 12.4. The number of nitro benzene ring substituents is 1. The van der Waals surface area contributed by atoms with Gasteiger partial charge < -0.3 is 4.74 Å². The summed E-state index contributed by atoms with van der Waals surface area (Å²) in [4.78, 5) is 10.5. The number of halogens is 1. The van der Waals surface area contributed by atoms with Crippen molar-refractivity contribution >= 4 is 21.6 Å². The zero-order valence-corrected chi connectivity index (χ0v) is 14.0. The Morgan fingerprint density at radius 1 is 1.29 bits per heavy atom. The van der Waals surface area contributed by atoms with Crippen LogP contribution in [0.1, 0.15) is 44.1 Å². The maximum Gasteiger partial charge on any atom is 0.272 e. The topological polar surface area (TPSA) is 52.4 Å². The largest absolute Gasteiger partial charge is 0.493 e. The first-order valence-corrected chi connectivity index (χ1v) is 8.62. The smallest absolute Gasteiger partial charge is 0.272 e. The standard InChI is InChI=1S/C16H22BrNO3/c1-13-10-14(6-7-15(13)18(19)20)21-12-16(11-17)8-4-2-3-5-9-16/h6-7,10H,2-5,8-9,11-12H2,1H3. The van der Waals surface area contributed by atoms with Crippen molar-refractivity contribution in [3.05, 3.63) is 33.9 Å². The van der Waals surface area contributed by atoms with E-state index in [1.54, 1.807) is 19.1 Å². The molecule has 1 aliphatic rings. The summed E-state index contributed by atoms with van der Waals surface area (Å²) in [6.45, 7) is 2.42. The van der Waals surface area contributed by atoms with Crippen LogP contribution in [0.2, 0.25) is 0 Å². The summed E-state index contributed by atoms with van der Waals surface area (Å²) >= 11 is 3.65. The quantitative estimate of drug-likeness (QED) is 0.322. The third-order valence-electron chi connectivity index (χ3n) is 4.36. The Hall–Kier alpha value is -1.10. The fourth-order valence-electron chi connectivity index (χ4n) is 2.95. The summed E-state index contributed by atoms with van der Waals surface area (Å²) in [6.07, 6.45) is 7.51. The van der Waals surface area contributed by atoms with Crippen LogP contribution in [0.5, 0.6) is 5.75 Å². The molecule has 0 bridgehead atoms. The van der Waals surface area contributed by atoms with Crippen LogP contribution in [0.4, 0.5) is 5.69 Å². The van der Waals surface area contributed by atoms with Crippen LogP contribution >= 0.6 is 15.9 Å². The highest BCUT2D eigenvalue weighted by molar-refractivity contribution is 9.09. The van der Waals surface area contributed by atoms with Gasteiger partial charge in [0.1, 0.15) is 5.75 Å². The molecule has 0 radical (unpaired) electrons. The lowest BCUT2D eigenvalue weighted by atomic mass is 9.83. The molecular formula is C16H22BrNO3. The molecular weight excluding hydrogens is 334 g/mol. The molecule has 1 aliphatic carbocycles. The maximum absolute atomic E-state index is 10.8. The molecule has 1 aromatic carbocycles. The molecule has 0 amide bonds. The number of nitro groups is 1. The van der Waals surface area contributed by atoms with Gasteiger partial charge >= 0.3 is 0 Å². The summed E-state index contributed by atoms with van der Waals surface area (Å²) < 4.78 is 5.96. The highest BCUT2D eigenvalue weighted by Gasteiger charge is 2.30. The molecule has 0 atom stereocenters. The summed E-state index contributed by atoms with van der Waals surface area (Å²) in [7, 11) is 0. The van der Waals surface area contributed by atoms with Gasteiger partial charge in [-0.2, -0.15) is 0 Å². The van der Waals surface area contributed by atoms with Gasteiger partial charge in [-0.05, 0) is 31.9 Å². The van der Waals surface area contributed by atoms with E-state index in [0.717, 1.165) is 11.1 Å². The van der Waals surface area contributed by atoms with E-state index < -0.39 is 0 Å². The summed E-state index contributed by atoms with van der Waals surface area (Å²) in [5.74, 6) is 0.725. The van der Waals surface area contributed by atoms with E-state index in [1.807, 2.05) is 0 Å². The fraction of sp³-hybridized carbons (Fsp3) is 0.625. The summed E-state index contributed by atoms with van der Waals surface area (Å²) in [5.41, 5.74) is 0.991. The average molecular weight is 356 g/mol. The van der Waals surface area contributed by atoms with E-state index in [0.29, 0.717) is 12.2 Å². The minimum atomic E-state index is -0.357. The van der Waals surface area contributed by atoms with Crippen molar-refractivity contribution in [3.63, 3.8) is 0 Å². The Bertz CT molecular complexity index is 496. The number of ether oxygens (including phenoxy) is 1. The first kappa shape index (κ1) is 16.3. The van der Waals surface area contributed by atoms with Crippen LogP contribution in [0.15, 0.2) is 18.2 Å². The third kappa shape index (κ3) is 4.19. The predicted molar refractivity (Wildman–Crippen MR) is 87.3 cm³/mol. The highest BCUT2D eigenvalue weighted by atomic mass is 79.9. The van der Waals surface area contributed by atoms with Crippen LogP contribution in [-0.4, -0.2) is 16.9 Å². The third-order valence-corrected chi connectivity index (χ3v) is 5.55. The Kier molecular flexibility index (Phi) is 5.62. The van der Waals surface area contributed by atoms with Gasteiger partial charge in [0.2, 0.25) is 0 Å². The lowest BCUT2D eigenvalue weighted by Gasteiger charge is -2.30. The SMILES string of the molecule is Cc1cc(OCC2(CBr)CCCCCC2)ccc1[N+](=O)[O-]. The first-order chi connectivity index (χ1) is 10.1. The molecule has 21 heavy (non-hydrogen) atoms. The number of hydrogen-bond donors (Lipinski definition) is 0. The number of rotatable bonds is 5. The Morgan fingerprint density at radius 2 is 1.95 bits per heavy atom. The molecule has 0 aromatic heterocycles.